The van der Waals surface area contributed by atoms with Crippen molar-refractivity contribution in [3.05, 3.63) is 0 Å². The van der Waals surface area contributed by atoms with Crippen molar-refractivity contribution in [2.24, 2.45) is 0 Å². The second kappa shape index (κ2) is 19.5. The average molecular weight is 323 g/mol. The van der Waals surface area contributed by atoms with Gasteiger partial charge >= 0.3 is 0 Å². The van der Waals surface area contributed by atoms with E-state index in [1.54, 1.807) is 0 Å². The highest BCUT2D eigenvalue weighted by Gasteiger charge is 2.08. The van der Waals surface area contributed by atoms with E-state index in [1.165, 1.54) is 121 Å². The lowest BCUT2D eigenvalue weighted by atomic mass is 10.0. The van der Waals surface area contributed by atoms with Gasteiger partial charge in [-0.2, -0.15) is 0 Å². The van der Waals surface area contributed by atoms with Crippen LogP contribution < -0.4 is 4.67 Å². The Hall–Kier alpha value is -0.550. The van der Waals surface area contributed by atoms with E-state index in [0.29, 0.717) is 0 Å². The average Bonchev–Trinajstić information content (AvgIpc) is 2.57. The number of unbranched alkanes of at least 4 members (excludes halogenated alkanes) is 14. The largest absolute Gasteiger partial charge is 0.279 e. The zero-order chi connectivity index (χ0) is 17.0. The van der Waals surface area contributed by atoms with E-state index in [9.17, 15) is 0 Å². The summed E-state index contributed by atoms with van der Waals surface area (Å²) in [5.74, 6) is 0. The van der Waals surface area contributed by atoms with Crippen LogP contribution in [0, 0.1) is 0 Å². The first-order chi connectivity index (χ1) is 11.3. The van der Waals surface area contributed by atoms with Crippen LogP contribution in [0.2, 0.25) is 0 Å². The molecule has 23 heavy (non-hydrogen) atoms. The highest BCUT2D eigenvalue weighted by molar-refractivity contribution is 5.84. The minimum Gasteiger partial charge on any atom is -0.111 e. The molecule has 0 N–H and O–H groups in total. The Morgan fingerprint density at radius 1 is 0.522 bits per heavy atom. The molecule has 0 atom stereocenters. The molecule has 0 fully saturated rings. The Morgan fingerprint density at radius 3 is 1.13 bits per heavy atom. The minimum atomic E-state index is 1.19. The van der Waals surface area contributed by atoms with E-state index in [4.69, 9.17) is 0 Å². The lowest BCUT2D eigenvalue weighted by Crippen LogP contribution is -2.02. The summed E-state index contributed by atoms with van der Waals surface area (Å²) in [5.41, 5.74) is 1.36. The summed E-state index contributed by atoms with van der Waals surface area (Å²) in [6.07, 6.45) is 24.7. The van der Waals surface area contributed by atoms with Crippen LogP contribution in [-0.2, 0) is 0 Å². The molecular weight excluding hydrogens is 278 g/mol. The van der Waals surface area contributed by atoms with Gasteiger partial charge in [-0.15, -0.1) is 4.67 Å². The minimum absolute atomic E-state index is 1.19. The summed E-state index contributed by atoms with van der Waals surface area (Å²) in [5, 5.41) is 0. The van der Waals surface area contributed by atoms with Crippen molar-refractivity contribution in [1.29, 1.82) is 0 Å². The third kappa shape index (κ3) is 17.6. The van der Waals surface area contributed by atoms with Gasteiger partial charge in [0.25, 0.3) is 12.4 Å². The van der Waals surface area contributed by atoms with Gasteiger partial charge in [-0.3, -0.25) is 0 Å². The van der Waals surface area contributed by atoms with Gasteiger partial charge < -0.3 is 0 Å². The molecule has 0 aromatic rings. The predicted octanol–water partition coefficient (Wildman–Crippen LogP) is 7.26. The molecule has 0 rings (SSSR count). The van der Waals surface area contributed by atoms with Crippen LogP contribution in [0.25, 0.3) is 0 Å². The second-order valence-corrected chi connectivity index (χ2v) is 7.17. The lowest BCUT2D eigenvalue weighted by Gasteiger charge is -2.02. The Labute approximate surface area is 147 Å². The van der Waals surface area contributed by atoms with Gasteiger partial charge in [-0.1, -0.05) is 104 Å². The molecule has 1 nitrogen and oxygen atoms in total. The van der Waals surface area contributed by atoms with Gasteiger partial charge in [-0.05, 0) is 12.8 Å². The predicted molar refractivity (Wildman–Crippen MR) is 109 cm³/mol. The Kier molecular flexibility index (Phi) is 19.0. The zero-order valence-corrected chi connectivity index (χ0v) is 16.4. The van der Waals surface area contributed by atoms with E-state index in [-0.39, 0.29) is 0 Å². The van der Waals surface area contributed by atoms with E-state index >= 15 is 0 Å². The smallest absolute Gasteiger partial charge is 0.111 e. The molecule has 0 heterocycles. The van der Waals surface area contributed by atoms with Crippen LogP contribution in [0.5, 0.6) is 0 Å². The van der Waals surface area contributed by atoms with Gasteiger partial charge in [0, 0.05) is 12.8 Å². The molecule has 136 valence electrons. The first kappa shape index (κ1) is 22.4. The quantitative estimate of drug-likeness (QED) is 0.143. The molecule has 0 amide bonds. The van der Waals surface area contributed by atoms with Crippen LogP contribution in [0.4, 0.5) is 0 Å². The Bertz CT molecular complexity index is 276. The van der Waals surface area contributed by atoms with Gasteiger partial charge in [0.05, 0.1) is 0 Å². The molecule has 0 unspecified atom stereocenters. The summed E-state index contributed by atoms with van der Waals surface area (Å²) in [4.78, 5) is 0. The fraction of sp³-hybridized carbons (Fsp3) is 0.909. The molecule has 0 bridgehead atoms. The molecule has 0 aliphatic carbocycles. The lowest BCUT2D eigenvalue weighted by molar-refractivity contribution is 0.558. The molecule has 0 aliphatic heterocycles. The molecule has 0 saturated carbocycles. The molecular formula is C22H44N+. The SMILES string of the molecule is C=[N+]=C(CCCCCCCC)CCCCCCCCCCCC. The molecule has 0 saturated heterocycles. The topological polar surface area (TPSA) is 14.1 Å². The fourth-order valence-electron chi connectivity index (χ4n) is 3.21. The molecule has 0 aliphatic rings. The third-order valence-electron chi connectivity index (χ3n) is 4.86. The van der Waals surface area contributed by atoms with Crippen LogP contribution >= 0.6 is 0 Å². The van der Waals surface area contributed by atoms with Crippen LogP contribution in [0.1, 0.15) is 129 Å². The summed E-state index contributed by atoms with van der Waals surface area (Å²) < 4.78 is 4.26. The normalized spacial score (nSPS) is 10.7. The number of rotatable bonds is 18. The van der Waals surface area contributed by atoms with Crippen molar-refractivity contribution in [2.45, 2.75) is 129 Å². The highest BCUT2D eigenvalue weighted by atomic mass is 14.5. The van der Waals surface area contributed by atoms with E-state index < -0.39 is 0 Å². The maximum absolute atomic E-state index is 4.26. The van der Waals surface area contributed by atoms with E-state index in [2.05, 4.69) is 25.2 Å². The van der Waals surface area contributed by atoms with Crippen molar-refractivity contribution < 1.29 is 0 Å². The van der Waals surface area contributed by atoms with Crippen molar-refractivity contribution in [1.82, 2.24) is 4.67 Å². The number of nitrogens with zero attached hydrogens (tertiary/aromatic N) is 1. The maximum atomic E-state index is 4.26. The van der Waals surface area contributed by atoms with Crippen LogP contribution in [0.3, 0.4) is 0 Å². The monoisotopic (exact) mass is 322 g/mol. The van der Waals surface area contributed by atoms with Crippen molar-refractivity contribution >= 4 is 12.4 Å². The maximum Gasteiger partial charge on any atom is 0.279 e. The molecule has 0 radical (unpaired) electrons. The summed E-state index contributed by atoms with van der Waals surface area (Å²) in [6, 6.07) is 0. The second-order valence-electron chi connectivity index (χ2n) is 7.17. The molecule has 0 aromatic heterocycles. The summed E-state index contributed by atoms with van der Waals surface area (Å²) >= 11 is 0. The Morgan fingerprint density at radius 2 is 0.826 bits per heavy atom. The van der Waals surface area contributed by atoms with Gasteiger partial charge in [-0.25, -0.2) is 0 Å². The van der Waals surface area contributed by atoms with E-state index in [1.807, 2.05) is 0 Å². The zero-order valence-electron chi connectivity index (χ0n) is 16.4. The van der Waals surface area contributed by atoms with Gasteiger partial charge in [0.1, 0.15) is 0 Å². The molecule has 0 spiro atoms. The molecule has 1 heteroatoms. The van der Waals surface area contributed by atoms with E-state index in [0.717, 1.165) is 0 Å². The van der Waals surface area contributed by atoms with Crippen LogP contribution in [0.15, 0.2) is 0 Å². The summed E-state index contributed by atoms with van der Waals surface area (Å²) in [7, 11) is 0. The molecule has 0 aromatic carbocycles. The van der Waals surface area contributed by atoms with Gasteiger partial charge in [0.15, 0.2) is 0 Å². The summed E-state index contributed by atoms with van der Waals surface area (Å²) in [6.45, 7) is 8.33. The van der Waals surface area contributed by atoms with Crippen molar-refractivity contribution in [2.75, 3.05) is 0 Å². The van der Waals surface area contributed by atoms with Crippen molar-refractivity contribution in [3.63, 3.8) is 0 Å². The number of hydrogen-bond donors (Lipinski definition) is 0. The highest BCUT2D eigenvalue weighted by Crippen LogP contribution is 2.13. The van der Waals surface area contributed by atoms with Gasteiger partial charge in [0.2, 0.25) is 0 Å². The first-order valence-corrected chi connectivity index (χ1v) is 10.7. The first-order valence-electron chi connectivity index (χ1n) is 10.7. The van der Waals surface area contributed by atoms with Crippen molar-refractivity contribution in [3.8, 4) is 0 Å². The van der Waals surface area contributed by atoms with Crippen LogP contribution in [-0.4, -0.2) is 12.4 Å². The standard InChI is InChI=1S/C22H44N/c1-4-6-8-10-12-13-14-15-17-19-21-22(23-3)20-18-16-11-9-7-5-2/h3-21H2,1-2H3/q+1. The fourth-order valence-corrected chi connectivity index (χ4v) is 3.21. The number of hydrogen-bond acceptors (Lipinski definition) is 0. The third-order valence-corrected chi connectivity index (χ3v) is 4.86. The Balaban J connectivity index is 3.32.